The molecule has 0 radical (unpaired) electrons. The van der Waals surface area contributed by atoms with E-state index in [1.807, 2.05) is 0 Å². The van der Waals surface area contributed by atoms with Crippen molar-refractivity contribution in [2.24, 2.45) is 0 Å². The number of halogens is 3. The van der Waals surface area contributed by atoms with E-state index in [0.717, 1.165) is 5.69 Å². The van der Waals surface area contributed by atoms with Crippen LogP contribution < -0.4 is 5.56 Å². The topological polar surface area (TPSA) is 22.0 Å². The molecule has 2 nitrogen and oxygen atoms in total. The van der Waals surface area contributed by atoms with Crippen LogP contribution in [0.2, 0.25) is 10.0 Å². The second kappa shape index (κ2) is 5.79. The number of hydrogen-bond donors (Lipinski definition) is 0. The van der Waals surface area contributed by atoms with Crippen molar-refractivity contribution in [3.05, 3.63) is 62.5 Å². The quantitative estimate of drug-likeness (QED) is 0.788. The first-order valence-corrected chi connectivity index (χ1v) is 6.64. The van der Waals surface area contributed by atoms with Crippen molar-refractivity contribution in [1.82, 2.24) is 4.57 Å². The van der Waals surface area contributed by atoms with Crippen LogP contribution in [0.15, 0.2) is 41.3 Å². The highest BCUT2D eigenvalue weighted by molar-refractivity contribution is 6.31. The fourth-order valence-electron chi connectivity index (χ4n) is 1.68. The standard InChI is InChI=1S/C13H10Cl3NO/c14-7-5-11-12(16)6-8-17(13(11)18)10-3-1-9(15)2-4-10/h1-4,6,8H,5,7H2. The molecule has 1 heterocycles. The van der Waals surface area contributed by atoms with Gasteiger partial charge >= 0.3 is 0 Å². The van der Waals surface area contributed by atoms with Crippen LogP contribution in [-0.4, -0.2) is 10.4 Å². The molecule has 0 aliphatic carbocycles. The van der Waals surface area contributed by atoms with Crippen molar-refractivity contribution < 1.29 is 0 Å². The summed E-state index contributed by atoms with van der Waals surface area (Å²) in [5, 5.41) is 1.08. The van der Waals surface area contributed by atoms with Gasteiger partial charge in [-0.15, -0.1) is 11.6 Å². The van der Waals surface area contributed by atoms with E-state index in [-0.39, 0.29) is 5.56 Å². The minimum Gasteiger partial charge on any atom is -0.284 e. The number of benzene rings is 1. The molecular weight excluding hydrogens is 293 g/mol. The molecule has 0 saturated heterocycles. The Hall–Kier alpha value is -0.960. The van der Waals surface area contributed by atoms with Crippen LogP contribution in [0.25, 0.3) is 5.69 Å². The van der Waals surface area contributed by atoms with E-state index in [1.54, 1.807) is 36.5 Å². The number of pyridine rings is 1. The molecule has 0 aliphatic heterocycles. The fourth-order valence-corrected chi connectivity index (χ4v) is 2.23. The first-order valence-electron chi connectivity index (χ1n) is 5.35. The highest BCUT2D eigenvalue weighted by Crippen LogP contribution is 2.16. The van der Waals surface area contributed by atoms with E-state index in [4.69, 9.17) is 34.8 Å². The Labute approximate surface area is 120 Å². The Morgan fingerprint density at radius 3 is 2.33 bits per heavy atom. The minimum atomic E-state index is -0.148. The van der Waals surface area contributed by atoms with Crippen molar-refractivity contribution in [2.45, 2.75) is 6.42 Å². The van der Waals surface area contributed by atoms with Crippen molar-refractivity contribution in [3.8, 4) is 5.69 Å². The Morgan fingerprint density at radius 2 is 1.72 bits per heavy atom. The van der Waals surface area contributed by atoms with Crippen molar-refractivity contribution in [2.75, 3.05) is 5.88 Å². The monoisotopic (exact) mass is 301 g/mol. The second-order valence-electron chi connectivity index (χ2n) is 3.73. The van der Waals surface area contributed by atoms with Crippen LogP contribution in [-0.2, 0) is 6.42 Å². The summed E-state index contributed by atoms with van der Waals surface area (Å²) in [7, 11) is 0. The molecule has 2 aromatic rings. The van der Waals surface area contributed by atoms with Gasteiger partial charge in [0, 0.05) is 28.4 Å². The average Bonchev–Trinajstić information content (AvgIpc) is 2.36. The summed E-state index contributed by atoms with van der Waals surface area (Å²) >= 11 is 17.5. The molecule has 0 spiro atoms. The zero-order valence-corrected chi connectivity index (χ0v) is 11.6. The van der Waals surface area contributed by atoms with Crippen molar-refractivity contribution >= 4 is 34.8 Å². The number of aromatic nitrogens is 1. The predicted octanol–water partition coefficient (Wildman–Crippen LogP) is 3.93. The number of alkyl halides is 1. The van der Waals surface area contributed by atoms with E-state index >= 15 is 0 Å². The smallest absolute Gasteiger partial charge is 0.259 e. The van der Waals surface area contributed by atoms with Crippen molar-refractivity contribution in [3.63, 3.8) is 0 Å². The molecule has 1 aromatic heterocycles. The molecule has 5 heteroatoms. The summed E-state index contributed by atoms with van der Waals surface area (Å²) in [6.45, 7) is 0. The van der Waals surface area contributed by atoms with Gasteiger partial charge in [-0.25, -0.2) is 0 Å². The molecule has 0 unspecified atom stereocenters. The van der Waals surface area contributed by atoms with Gasteiger partial charge in [0.25, 0.3) is 5.56 Å². The first kappa shape index (κ1) is 13.5. The Morgan fingerprint density at radius 1 is 1.06 bits per heavy atom. The normalized spacial score (nSPS) is 10.6. The third kappa shape index (κ3) is 2.72. The van der Waals surface area contributed by atoms with Crippen LogP contribution in [0.5, 0.6) is 0 Å². The lowest BCUT2D eigenvalue weighted by atomic mass is 10.2. The Kier molecular flexibility index (Phi) is 4.33. The lowest BCUT2D eigenvalue weighted by Crippen LogP contribution is -2.22. The summed E-state index contributed by atoms with van der Waals surface area (Å²) < 4.78 is 1.53. The zero-order valence-electron chi connectivity index (χ0n) is 9.37. The highest BCUT2D eigenvalue weighted by Gasteiger charge is 2.09. The van der Waals surface area contributed by atoms with Gasteiger partial charge in [0.2, 0.25) is 0 Å². The lowest BCUT2D eigenvalue weighted by molar-refractivity contribution is 0.941. The number of nitrogens with zero attached hydrogens (tertiary/aromatic N) is 1. The maximum Gasteiger partial charge on any atom is 0.259 e. The molecule has 0 saturated carbocycles. The minimum absolute atomic E-state index is 0.148. The molecule has 2 rings (SSSR count). The molecule has 0 aliphatic rings. The molecule has 1 aromatic carbocycles. The summed E-state index contributed by atoms with van der Waals surface area (Å²) in [6.07, 6.45) is 2.10. The predicted molar refractivity (Wildman–Crippen MR) is 76.5 cm³/mol. The molecule has 0 atom stereocenters. The maximum absolute atomic E-state index is 12.3. The lowest BCUT2D eigenvalue weighted by Gasteiger charge is -2.09. The van der Waals surface area contributed by atoms with E-state index in [9.17, 15) is 4.79 Å². The summed E-state index contributed by atoms with van der Waals surface area (Å²) in [6, 6.07) is 8.72. The maximum atomic E-state index is 12.3. The third-order valence-electron chi connectivity index (χ3n) is 2.58. The van der Waals surface area contributed by atoms with Crippen molar-refractivity contribution in [1.29, 1.82) is 0 Å². The third-order valence-corrected chi connectivity index (χ3v) is 3.38. The van der Waals surface area contributed by atoms with Gasteiger partial charge in [-0.1, -0.05) is 23.2 Å². The van der Waals surface area contributed by atoms with Gasteiger partial charge < -0.3 is 0 Å². The van der Waals surface area contributed by atoms with Gasteiger partial charge in [0.15, 0.2) is 0 Å². The second-order valence-corrected chi connectivity index (χ2v) is 4.95. The molecule has 0 N–H and O–H groups in total. The first-order chi connectivity index (χ1) is 8.63. The summed E-state index contributed by atoms with van der Waals surface area (Å²) in [5.41, 5.74) is 1.13. The molecule has 0 amide bonds. The number of rotatable bonds is 3. The van der Waals surface area contributed by atoms with E-state index in [0.29, 0.717) is 27.9 Å². The summed E-state index contributed by atoms with van der Waals surface area (Å²) in [4.78, 5) is 12.3. The highest BCUT2D eigenvalue weighted by atomic mass is 35.5. The van der Waals surface area contributed by atoms with Gasteiger partial charge in [-0.05, 0) is 36.8 Å². The molecular formula is C13H10Cl3NO. The van der Waals surface area contributed by atoms with Crippen LogP contribution in [0, 0.1) is 0 Å². The van der Waals surface area contributed by atoms with Gasteiger partial charge in [-0.2, -0.15) is 0 Å². The molecule has 94 valence electrons. The Balaban J connectivity index is 2.55. The van der Waals surface area contributed by atoms with E-state index < -0.39 is 0 Å². The van der Waals surface area contributed by atoms with Crippen LogP contribution >= 0.6 is 34.8 Å². The van der Waals surface area contributed by atoms with Gasteiger partial charge in [0.05, 0.1) is 5.02 Å². The van der Waals surface area contributed by atoms with Crippen LogP contribution in [0.1, 0.15) is 5.56 Å². The largest absolute Gasteiger partial charge is 0.284 e. The molecule has 0 fully saturated rings. The average molecular weight is 303 g/mol. The van der Waals surface area contributed by atoms with Crippen LogP contribution in [0.3, 0.4) is 0 Å². The zero-order chi connectivity index (χ0) is 13.1. The SMILES string of the molecule is O=c1c(CCCl)c(Cl)ccn1-c1ccc(Cl)cc1. The summed E-state index contributed by atoms with van der Waals surface area (Å²) in [5.74, 6) is 0.361. The fraction of sp³-hybridized carbons (Fsp3) is 0.154. The number of hydrogen-bond acceptors (Lipinski definition) is 1. The molecule has 18 heavy (non-hydrogen) atoms. The van der Waals surface area contributed by atoms with Gasteiger partial charge in [-0.3, -0.25) is 9.36 Å². The Bertz CT molecular complexity index is 605. The van der Waals surface area contributed by atoms with E-state index in [1.165, 1.54) is 4.57 Å². The molecule has 0 bridgehead atoms. The van der Waals surface area contributed by atoms with Gasteiger partial charge in [0.1, 0.15) is 0 Å². The van der Waals surface area contributed by atoms with E-state index in [2.05, 4.69) is 0 Å². The van der Waals surface area contributed by atoms with Crippen LogP contribution in [0.4, 0.5) is 0 Å².